The quantitative estimate of drug-likeness (QED) is 0.549. The van der Waals surface area contributed by atoms with Crippen LogP contribution < -0.4 is 0 Å². The fourth-order valence-corrected chi connectivity index (χ4v) is 5.88. The maximum atomic E-state index is 13.9. The lowest BCUT2D eigenvalue weighted by atomic mass is 9.61. The molecule has 0 fully saturated rings. The summed E-state index contributed by atoms with van der Waals surface area (Å²) >= 11 is 0. The molecule has 0 saturated carbocycles. The monoisotopic (exact) mass is 332 g/mol. The Labute approximate surface area is 152 Å². The van der Waals surface area contributed by atoms with Gasteiger partial charge in [-0.2, -0.15) is 0 Å². The Balaban J connectivity index is 1.94. The molecule has 26 heavy (non-hydrogen) atoms. The van der Waals surface area contributed by atoms with E-state index in [4.69, 9.17) is 0 Å². The van der Waals surface area contributed by atoms with Gasteiger partial charge in [-0.25, -0.2) is 0 Å². The van der Waals surface area contributed by atoms with E-state index in [0.717, 1.165) is 33.4 Å². The largest absolute Gasteiger partial charge is 0.293 e. The maximum Gasteiger partial charge on any atom is 0.179 e. The van der Waals surface area contributed by atoms with Crippen LogP contribution in [0.1, 0.15) is 38.2 Å². The summed E-state index contributed by atoms with van der Waals surface area (Å²) in [5, 5.41) is 0. The minimum Gasteiger partial charge on any atom is -0.293 e. The summed E-state index contributed by atoms with van der Waals surface area (Å²) in [5.74, 6) is 0.135. The zero-order chi connectivity index (χ0) is 17.7. The average molecular weight is 332 g/mol. The molecule has 6 rings (SSSR count). The standard InChI is InChI=1S/C25H16O/c1-15-17-9-3-6-12-20(17)25-21-13-7-4-10-18(21)16(2)24(15,25)23(26)19-11-5-8-14-22(19)25/h3-14H,1-2H2. The summed E-state index contributed by atoms with van der Waals surface area (Å²) in [7, 11) is 0. The van der Waals surface area contributed by atoms with Crippen molar-refractivity contribution in [3.8, 4) is 0 Å². The van der Waals surface area contributed by atoms with E-state index >= 15 is 0 Å². The molecule has 1 heteroatoms. The second-order valence-corrected chi connectivity index (χ2v) is 7.42. The first-order valence-corrected chi connectivity index (χ1v) is 8.89. The first kappa shape index (κ1) is 14.0. The fraction of sp³-hybridized carbons (Fsp3) is 0.0800. The molecule has 122 valence electrons. The highest BCUT2D eigenvalue weighted by Gasteiger charge is 2.74. The van der Waals surface area contributed by atoms with Gasteiger partial charge in [-0.15, -0.1) is 0 Å². The third kappa shape index (κ3) is 1.08. The number of benzene rings is 3. The molecule has 1 nitrogen and oxygen atoms in total. The zero-order valence-electron chi connectivity index (χ0n) is 14.3. The van der Waals surface area contributed by atoms with E-state index in [2.05, 4.69) is 55.6 Å². The molecule has 3 aromatic rings. The zero-order valence-corrected chi connectivity index (χ0v) is 14.3. The SMILES string of the molecule is C=C1c2ccccc2C23c4ccccc4C(=C)C12C(=O)c1ccccc13. The molecule has 0 spiro atoms. The van der Waals surface area contributed by atoms with E-state index in [1.807, 2.05) is 30.3 Å². The van der Waals surface area contributed by atoms with E-state index in [9.17, 15) is 4.79 Å². The van der Waals surface area contributed by atoms with Crippen LogP contribution in [-0.2, 0) is 5.41 Å². The topological polar surface area (TPSA) is 17.1 Å². The second-order valence-electron chi connectivity index (χ2n) is 7.42. The average Bonchev–Trinajstić information content (AvgIpc) is 3.18. The third-order valence-corrected chi connectivity index (χ3v) is 6.70. The summed E-state index contributed by atoms with van der Waals surface area (Å²) in [6.45, 7) is 8.90. The van der Waals surface area contributed by atoms with Gasteiger partial charge in [0.15, 0.2) is 5.78 Å². The van der Waals surface area contributed by atoms with Gasteiger partial charge >= 0.3 is 0 Å². The van der Waals surface area contributed by atoms with Crippen molar-refractivity contribution < 1.29 is 4.79 Å². The first-order chi connectivity index (χ1) is 12.7. The van der Waals surface area contributed by atoms with Crippen LogP contribution in [0.3, 0.4) is 0 Å². The molecule has 3 aromatic carbocycles. The smallest absolute Gasteiger partial charge is 0.179 e. The number of hydrogen-bond donors (Lipinski definition) is 0. The molecular formula is C25H16O. The third-order valence-electron chi connectivity index (χ3n) is 6.70. The molecule has 0 aromatic heterocycles. The van der Waals surface area contributed by atoms with Crippen molar-refractivity contribution in [2.45, 2.75) is 5.41 Å². The summed E-state index contributed by atoms with van der Waals surface area (Å²) < 4.78 is 0. The van der Waals surface area contributed by atoms with Crippen molar-refractivity contribution in [2.24, 2.45) is 5.41 Å². The molecule has 3 aliphatic rings. The van der Waals surface area contributed by atoms with Gasteiger partial charge in [0.2, 0.25) is 0 Å². The Kier molecular flexibility index (Phi) is 2.23. The number of Topliss-reactive ketones (excluding diaryl/α,β-unsaturated/α-hetero) is 1. The number of rotatable bonds is 0. The molecule has 0 saturated heterocycles. The summed E-state index contributed by atoms with van der Waals surface area (Å²) in [5.41, 5.74) is 6.82. The van der Waals surface area contributed by atoms with E-state index in [1.165, 1.54) is 11.1 Å². The molecule has 0 heterocycles. The minimum absolute atomic E-state index is 0.135. The fourth-order valence-electron chi connectivity index (χ4n) is 5.88. The minimum atomic E-state index is -0.829. The molecule has 0 unspecified atom stereocenters. The maximum absolute atomic E-state index is 13.9. The number of fused-ring (bicyclic) bond motifs is 3. The first-order valence-electron chi connectivity index (χ1n) is 8.89. The Morgan fingerprint density at radius 2 is 0.923 bits per heavy atom. The Morgan fingerprint density at radius 3 is 1.42 bits per heavy atom. The summed E-state index contributed by atoms with van der Waals surface area (Å²) in [4.78, 5) is 13.9. The lowest BCUT2D eigenvalue weighted by Crippen LogP contribution is -2.39. The van der Waals surface area contributed by atoms with Gasteiger partial charge in [-0.3, -0.25) is 4.79 Å². The van der Waals surface area contributed by atoms with E-state index in [-0.39, 0.29) is 5.78 Å². The normalized spacial score (nSPS) is 27.0. The van der Waals surface area contributed by atoms with Crippen LogP contribution in [0, 0.1) is 5.41 Å². The molecule has 0 atom stereocenters. The van der Waals surface area contributed by atoms with Crippen LogP contribution in [-0.4, -0.2) is 5.78 Å². The Morgan fingerprint density at radius 1 is 0.538 bits per heavy atom. The molecular weight excluding hydrogens is 316 g/mol. The van der Waals surface area contributed by atoms with Crippen molar-refractivity contribution >= 4 is 16.9 Å². The lowest BCUT2D eigenvalue weighted by Gasteiger charge is -2.36. The summed E-state index contributed by atoms with van der Waals surface area (Å²) in [6.07, 6.45) is 0. The van der Waals surface area contributed by atoms with Gasteiger partial charge in [0.1, 0.15) is 5.41 Å². The molecule has 0 radical (unpaired) electrons. The van der Waals surface area contributed by atoms with E-state index < -0.39 is 10.8 Å². The number of carbonyl (C=O) groups is 1. The van der Waals surface area contributed by atoms with Crippen LogP contribution in [0.4, 0.5) is 0 Å². The number of hydrogen-bond acceptors (Lipinski definition) is 1. The van der Waals surface area contributed by atoms with Crippen molar-refractivity contribution in [1.82, 2.24) is 0 Å². The molecule has 0 amide bonds. The lowest BCUT2D eigenvalue weighted by molar-refractivity contribution is 0.0911. The van der Waals surface area contributed by atoms with Crippen molar-refractivity contribution in [1.29, 1.82) is 0 Å². The molecule has 0 bridgehead atoms. The van der Waals surface area contributed by atoms with E-state index in [1.54, 1.807) is 0 Å². The van der Waals surface area contributed by atoms with Crippen LogP contribution in [0.25, 0.3) is 11.1 Å². The van der Waals surface area contributed by atoms with Gasteiger partial charge in [-0.1, -0.05) is 86.0 Å². The predicted octanol–water partition coefficient (Wildman–Crippen LogP) is 5.26. The van der Waals surface area contributed by atoms with Gasteiger partial charge in [-0.05, 0) is 39.0 Å². The predicted molar refractivity (Wildman–Crippen MR) is 104 cm³/mol. The number of carbonyl (C=O) groups excluding carboxylic acids is 1. The highest BCUT2D eigenvalue weighted by molar-refractivity contribution is 6.27. The highest BCUT2D eigenvalue weighted by atomic mass is 16.1. The van der Waals surface area contributed by atoms with Crippen LogP contribution in [0.5, 0.6) is 0 Å². The van der Waals surface area contributed by atoms with Crippen molar-refractivity contribution in [3.63, 3.8) is 0 Å². The number of ketones is 1. The van der Waals surface area contributed by atoms with Crippen molar-refractivity contribution in [3.05, 3.63) is 119 Å². The highest BCUT2D eigenvalue weighted by Crippen LogP contribution is 2.76. The van der Waals surface area contributed by atoms with Crippen molar-refractivity contribution in [2.75, 3.05) is 0 Å². The molecule has 0 N–H and O–H groups in total. The number of allylic oxidation sites excluding steroid dienone is 2. The molecule has 0 aliphatic heterocycles. The van der Waals surface area contributed by atoms with E-state index in [0.29, 0.717) is 0 Å². The van der Waals surface area contributed by atoms with Crippen LogP contribution in [0.15, 0.2) is 86.0 Å². The van der Waals surface area contributed by atoms with Gasteiger partial charge in [0, 0.05) is 5.56 Å². The molecule has 3 aliphatic carbocycles. The second kappa shape index (κ2) is 4.13. The van der Waals surface area contributed by atoms with Crippen LogP contribution >= 0.6 is 0 Å². The Hall–Kier alpha value is -3.19. The Bertz CT molecular complexity index is 1050. The van der Waals surface area contributed by atoms with Gasteiger partial charge < -0.3 is 0 Å². The van der Waals surface area contributed by atoms with Gasteiger partial charge in [0.05, 0.1) is 5.41 Å². The summed E-state index contributed by atoms with van der Waals surface area (Å²) in [6, 6.07) is 24.7. The van der Waals surface area contributed by atoms with Crippen LogP contribution in [0.2, 0.25) is 0 Å². The van der Waals surface area contributed by atoms with Gasteiger partial charge in [0.25, 0.3) is 0 Å².